The maximum absolute atomic E-state index is 13.8. The van der Waals surface area contributed by atoms with Crippen molar-refractivity contribution in [3.8, 4) is 17.2 Å². The Morgan fingerprint density at radius 2 is 1.76 bits per heavy atom. The van der Waals surface area contributed by atoms with Gasteiger partial charge in [0.05, 0.1) is 42.1 Å². The van der Waals surface area contributed by atoms with E-state index in [4.69, 9.17) is 14.2 Å². The first-order valence-corrected chi connectivity index (χ1v) is 14.9. The minimum absolute atomic E-state index is 0.0285. The van der Waals surface area contributed by atoms with Gasteiger partial charge in [-0.2, -0.15) is 0 Å². The van der Waals surface area contributed by atoms with Crippen LogP contribution in [0.15, 0.2) is 42.5 Å². The van der Waals surface area contributed by atoms with Gasteiger partial charge in [-0.1, -0.05) is 24.3 Å². The van der Waals surface area contributed by atoms with Crippen LogP contribution >= 0.6 is 0 Å². The molecular weight excluding hydrogens is 601 g/mol. The molecule has 0 saturated carbocycles. The Labute approximate surface area is 263 Å². The lowest BCUT2D eigenvalue weighted by Crippen LogP contribution is -2.54. The van der Waals surface area contributed by atoms with Gasteiger partial charge in [0.15, 0.2) is 17.9 Å². The minimum Gasteiger partial charge on any atom is -0.507 e. The highest BCUT2D eigenvalue weighted by atomic mass is 19.1. The molecule has 11 nitrogen and oxygen atoms in total. The average molecular weight is 636 g/mol. The van der Waals surface area contributed by atoms with Gasteiger partial charge >= 0.3 is 0 Å². The van der Waals surface area contributed by atoms with Crippen LogP contribution in [0.25, 0.3) is 0 Å². The van der Waals surface area contributed by atoms with Gasteiger partial charge < -0.3 is 40.0 Å². The van der Waals surface area contributed by atoms with Crippen LogP contribution < -0.4 is 10.1 Å². The molecule has 1 aliphatic heterocycles. The van der Waals surface area contributed by atoms with Crippen LogP contribution in [0.5, 0.6) is 17.2 Å². The number of fused-ring (bicyclic) bond motifs is 3. The summed E-state index contributed by atoms with van der Waals surface area (Å²) < 4.78 is 30.9. The first kappa shape index (κ1) is 31.8. The van der Waals surface area contributed by atoms with Gasteiger partial charge in [-0.3, -0.25) is 14.4 Å². The van der Waals surface area contributed by atoms with E-state index >= 15 is 0 Å². The van der Waals surface area contributed by atoms with E-state index in [1.807, 2.05) is 0 Å². The Kier molecular flexibility index (Phi) is 8.20. The van der Waals surface area contributed by atoms with E-state index in [-0.39, 0.29) is 46.7 Å². The highest BCUT2D eigenvalue weighted by molar-refractivity contribution is 6.31. The third-order valence-corrected chi connectivity index (χ3v) is 9.23. The zero-order chi connectivity index (χ0) is 33.1. The van der Waals surface area contributed by atoms with Crippen molar-refractivity contribution in [3.05, 3.63) is 87.2 Å². The zero-order valence-corrected chi connectivity index (χ0v) is 25.4. The van der Waals surface area contributed by atoms with Gasteiger partial charge in [-0.15, -0.1) is 0 Å². The summed E-state index contributed by atoms with van der Waals surface area (Å²) in [6.07, 6.45) is -4.69. The van der Waals surface area contributed by atoms with Crippen LogP contribution in [-0.2, 0) is 27.2 Å². The number of phenolic OH excluding ortho intramolecular Hbond substituents is 2. The van der Waals surface area contributed by atoms with E-state index in [1.165, 1.54) is 44.4 Å². The third-order valence-electron chi connectivity index (χ3n) is 9.23. The number of Topliss-reactive ketones (excluding diaryl/α,β-unsaturated/α-hetero) is 1. The number of methoxy groups -OCH3 is 1. The lowest BCUT2D eigenvalue weighted by atomic mass is 9.72. The van der Waals surface area contributed by atoms with Crippen molar-refractivity contribution in [1.82, 2.24) is 5.32 Å². The topological polar surface area (TPSA) is 172 Å². The highest BCUT2D eigenvalue weighted by Crippen LogP contribution is 2.52. The van der Waals surface area contributed by atoms with Crippen molar-refractivity contribution >= 4 is 17.3 Å². The Bertz CT molecular complexity index is 1740. The number of ketones is 3. The van der Waals surface area contributed by atoms with Crippen LogP contribution in [0.1, 0.15) is 81.3 Å². The molecule has 12 heteroatoms. The average Bonchev–Trinajstić information content (AvgIpc) is 3.02. The summed E-state index contributed by atoms with van der Waals surface area (Å²) in [5.41, 5.74) is -2.40. The molecule has 1 fully saturated rings. The molecule has 3 aromatic rings. The fraction of sp³-hybridized carbons (Fsp3) is 0.382. The van der Waals surface area contributed by atoms with Crippen molar-refractivity contribution in [2.45, 2.75) is 75.9 Å². The lowest BCUT2D eigenvalue weighted by molar-refractivity contribution is -0.249. The molecule has 3 aliphatic rings. The first-order valence-electron chi connectivity index (χ1n) is 14.9. The summed E-state index contributed by atoms with van der Waals surface area (Å²) in [6.45, 7) is 3.13. The number of nitrogens with one attached hydrogen (secondary N) is 1. The molecule has 6 atom stereocenters. The molecule has 0 spiro atoms. The molecule has 2 aliphatic carbocycles. The molecule has 242 valence electrons. The molecule has 0 aromatic heterocycles. The highest BCUT2D eigenvalue weighted by Gasteiger charge is 2.49. The molecule has 1 saturated heterocycles. The van der Waals surface area contributed by atoms with Gasteiger partial charge in [0.1, 0.15) is 28.7 Å². The standard InChI is InChI=1S/C34H34FNO10/c1-15-29(38)21(36-14-17-7-9-18(35)10-8-17)11-24(45-15)46-23-13-34(43,16(2)37)12-20-26(23)33(42)28-27(31(20)40)30(39)19-5-4-6-22(44-3)25(19)32(28)41/h4-10,15,21,23-24,29,36,38,40,42-43H,11-14H2,1-3H3/t15?,21?,23-,24?,29?,34-/m0/s1. The number of hydrogen-bond acceptors (Lipinski definition) is 11. The Balaban J connectivity index is 1.38. The van der Waals surface area contributed by atoms with Crippen molar-refractivity contribution in [2.75, 3.05) is 7.11 Å². The Morgan fingerprint density at radius 3 is 2.43 bits per heavy atom. The lowest BCUT2D eigenvalue weighted by Gasteiger charge is -2.43. The van der Waals surface area contributed by atoms with Gasteiger partial charge in [-0.05, 0) is 37.6 Å². The number of halogens is 1. The smallest absolute Gasteiger partial charge is 0.202 e. The quantitative estimate of drug-likeness (QED) is 0.189. The summed E-state index contributed by atoms with van der Waals surface area (Å²) in [7, 11) is 1.34. The number of carbonyl (C=O) groups excluding carboxylic acids is 3. The fourth-order valence-corrected chi connectivity index (χ4v) is 6.68. The number of hydrogen-bond donors (Lipinski definition) is 5. The second kappa shape index (κ2) is 11.9. The number of benzene rings is 3. The first-order chi connectivity index (χ1) is 21.8. The van der Waals surface area contributed by atoms with Crippen LogP contribution in [0.2, 0.25) is 0 Å². The van der Waals surface area contributed by atoms with Crippen LogP contribution in [-0.4, -0.2) is 75.0 Å². The Morgan fingerprint density at radius 1 is 1.07 bits per heavy atom. The summed E-state index contributed by atoms with van der Waals surface area (Å²) in [5.74, 6) is -3.65. The van der Waals surface area contributed by atoms with Crippen molar-refractivity contribution in [3.63, 3.8) is 0 Å². The number of aliphatic hydroxyl groups is 2. The van der Waals surface area contributed by atoms with E-state index in [2.05, 4.69) is 5.32 Å². The third kappa shape index (κ3) is 5.25. The molecule has 5 N–H and O–H groups in total. The molecular formula is C34H34FNO10. The maximum atomic E-state index is 13.8. The SMILES string of the molecule is COc1cccc2c1C(=O)c1c(O)c3c(c(O)c1C2=O)C[C@@](O)(C(C)=O)C[C@@H]3OC1CC(NCc2ccc(F)cc2)C(O)C(C)O1. The summed E-state index contributed by atoms with van der Waals surface area (Å²) in [5, 5.41) is 48.7. The summed E-state index contributed by atoms with van der Waals surface area (Å²) in [4.78, 5) is 40.2. The number of ether oxygens (including phenoxy) is 3. The van der Waals surface area contributed by atoms with Gasteiger partial charge in [0.25, 0.3) is 0 Å². The van der Waals surface area contributed by atoms with Crippen molar-refractivity contribution in [2.24, 2.45) is 0 Å². The van der Waals surface area contributed by atoms with E-state index in [0.29, 0.717) is 6.54 Å². The molecule has 0 bridgehead atoms. The van der Waals surface area contributed by atoms with Crippen molar-refractivity contribution < 1.29 is 53.4 Å². The molecule has 3 aromatic carbocycles. The van der Waals surface area contributed by atoms with E-state index in [1.54, 1.807) is 19.1 Å². The van der Waals surface area contributed by atoms with Gasteiger partial charge in [-0.25, -0.2) is 4.39 Å². The molecule has 6 rings (SSSR count). The number of carbonyl (C=O) groups is 3. The minimum atomic E-state index is -2.04. The molecule has 4 unspecified atom stereocenters. The predicted octanol–water partition coefficient (Wildman–Crippen LogP) is 3.00. The normalized spacial score (nSPS) is 27.0. The van der Waals surface area contributed by atoms with Crippen LogP contribution in [0, 0.1) is 5.82 Å². The van der Waals surface area contributed by atoms with E-state index < -0.39 is 82.6 Å². The zero-order valence-electron chi connectivity index (χ0n) is 25.4. The maximum Gasteiger partial charge on any atom is 0.202 e. The molecule has 46 heavy (non-hydrogen) atoms. The molecule has 0 amide bonds. The summed E-state index contributed by atoms with van der Waals surface area (Å²) in [6, 6.07) is 9.76. The monoisotopic (exact) mass is 635 g/mol. The van der Waals surface area contributed by atoms with Crippen molar-refractivity contribution in [1.29, 1.82) is 0 Å². The predicted molar refractivity (Wildman–Crippen MR) is 159 cm³/mol. The second-order valence-corrected chi connectivity index (χ2v) is 12.1. The van der Waals surface area contributed by atoms with Gasteiger partial charge in [0, 0.05) is 48.5 Å². The summed E-state index contributed by atoms with van der Waals surface area (Å²) >= 11 is 0. The largest absolute Gasteiger partial charge is 0.507 e. The molecule has 0 radical (unpaired) electrons. The van der Waals surface area contributed by atoms with E-state index in [0.717, 1.165) is 5.56 Å². The molecule has 1 heterocycles. The number of rotatable bonds is 7. The van der Waals surface area contributed by atoms with Crippen LogP contribution in [0.4, 0.5) is 4.39 Å². The Hall–Kier alpha value is -4.20. The fourth-order valence-electron chi connectivity index (χ4n) is 6.68. The van der Waals surface area contributed by atoms with Crippen LogP contribution in [0.3, 0.4) is 0 Å². The van der Waals surface area contributed by atoms with Gasteiger partial charge in [0.2, 0.25) is 5.78 Å². The number of aromatic hydroxyl groups is 2. The van der Waals surface area contributed by atoms with E-state index in [9.17, 15) is 39.2 Å². The number of aliphatic hydroxyl groups excluding tert-OH is 1. The number of phenols is 2. The second-order valence-electron chi connectivity index (χ2n) is 12.1.